The molecule has 0 aliphatic heterocycles. The molecule has 1 atom stereocenters. The van der Waals surface area contributed by atoms with E-state index >= 15 is 0 Å². The van der Waals surface area contributed by atoms with Crippen LogP contribution in [0.25, 0.3) is 11.3 Å². The first-order chi connectivity index (χ1) is 14.7. The summed E-state index contributed by atoms with van der Waals surface area (Å²) in [4.78, 5) is 21.1. The third kappa shape index (κ3) is 3.91. The fourth-order valence-corrected chi connectivity index (χ4v) is 4.04. The predicted molar refractivity (Wildman–Crippen MR) is 117 cm³/mol. The van der Waals surface area contributed by atoms with Crippen LogP contribution in [0.5, 0.6) is 0 Å². The molecule has 0 saturated heterocycles. The van der Waals surface area contributed by atoms with Crippen LogP contribution in [0.1, 0.15) is 52.5 Å². The fourth-order valence-electron chi connectivity index (χ4n) is 4.04. The van der Waals surface area contributed by atoms with Crippen LogP contribution in [0.4, 0.5) is 5.82 Å². The van der Waals surface area contributed by atoms with Gasteiger partial charge in [0.1, 0.15) is 0 Å². The number of nitrogens with two attached hydrogens (primary N) is 1. The molecule has 1 heterocycles. The molecule has 6 nitrogen and oxygen atoms in total. The third-order valence-electron chi connectivity index (χ3n) is 5.84. The second-order valence-corrected chi connectivity index (χ2v) is 8.11. The van der Waals surface area contributed by atoms with E-state index in [0.29, 0.717) is 11.7 Å². The Hall–Kier alpha value is -3.25. The highest BCUT2D eigenvalue weighted by molar-refractivity contribution is 5.97. The van der Waals surface area contributed by atoms with Crippen LogP contribution in [0.2, 0.25) is 0 Å². The molecule has 0 bridgehead atoms. The van der Waals surface area contributed by atoms with Gasteiger partial charge in [-0.2, -0.15) is 0 Å². The number of carbonyl (C=O) groups is 1. The van der Waals surface area contributed by atoms with Crippen molar-refractivity contribution in [2.45, 2.75) is 44.3 Å². The van der Waals surface area contributed by atoms with Crippen LogP contribution >= 0.6 is 0 Å². The first-order valence-electron chi connectivity index (χ1n) is 10.5. The molecular formula is C24H25N5O. The lowest BCUT2D eigenvalue weighted by atomic mass is 10.1. The van der Waals surface area contributed by atoms with Crippen molar-refractivity contribution in [1.82, 2.24) is 20.6 Å². The van der Waals surface area contributed by atoms with Gasteiger partial charge in [0.25, 0.3) is 5.91 Å². The van der Waals surface area contributed by atoms with Crippen molar-refractivity contribution in [3.8, 4) is 11.3 Å². The van der Waals surface area contributed by atoms with Gasteiger partial charge in [-0.15, -0.1) is 0 Å². The topological polar surface area (TPSA) is 92.9 Å². The van der Waals surface area contributed by atoms with Crippen LogP contribution in [0.3, 0.4) is 0 Å². The van der Waals surface area contributed by atoms with Gasteiger partial charge in [-0.1, -0.05) is 42.5 Å². The van der Waals surface area contributed by atoms with Crippen molar-refractivity contribution in [1.29, 1.82) is 0 Å². The number of fused-ring (bicyclic) bond motifs is 1. The summed E-state index contributed by atoms with van der Waals surface area (Å²) in [6, 6.07) is 17.5. The molecule has 3 aromatic rings. The van der Waals surface area contributed by atoms with E-state index in [1.165, 1.54) is 16.7 Å². The fraction of sp³-hybridized carbons (Fsp3) is 0.292. The average molecular weight is 399 g/mol. The van der Waals surface area contributed by atoms with E-state index in [1.54, 1.807) is 6.20 Å². The Morgan fingerprint density at radius 3 is 2.83 bits per heavy atom. The number of aromatic nitrogens is 2. The summed E-state index contributed by atoms with van der Waals surface area (Å²) in [5.74, 6) is -0.0864. The molecular weight excluding hydrogens is 374 g/mol. The summed E-state index contributed by atoms with van der Waals surface area (Å²) in [5.41, 5.74) is 11.7. The Morgan fingerprint density at radius 2 is 1.97 bits per heavy atom. The SMILES string of the molecule is Nc1ncc(-c2cccc(CN[C@H]3CCc4ccccc43)c2)nc1C(=O)NC1CC1. The zero-order chi connectivity index (χ0) is 20.5. The number of rotatable bonds is 6. The maximum atomic E-state index is 12.4. The summed E-state index contributed by atoms with van der Waals surface area (Å²) in [6.45, 7) is 0.768. The number of amides is 1. The van der Waals surface area contributed by atoms with Crippen LogP contribution in [0, 0.1) is 0 Å². The minimum atomic E-state index is -0.248. The number of carbonyl (C=O) groups excluding carboxylic acids is 1. The summed E-state index contributed by atoms with van der Waals surface area (Å²) in [5, 5.41) is 6.61. The molecule has 2 aromatic carbocycles. The molecule has 6 heteroatoms. The van der Waals surface area contributed by atoms with Crippen LogP contribution < -0.4 is 16.4 Å². The average Bonchev–Trinajstić information content (AvgIpc) is 3.49. The van der Waals surface area contributed by atoms with Crippen molar-refractivity contribution < 1.29 is 4.79 Å². The summed E-state index contributed by atoms with van der Waals surface area (Å²) >= 11 is 0. The molecule has 2 aliphatic rings. The molecule has 5 rings (SSSR count). The largest absolute Gasteiger partial charge is 0.382 e. The highest BCUT2D eigenvalue weighted by atomic mass is 16.2. The minimum absolute atomic E-state index is 0.162. The lowest BCUT2D eigenvalue weighted by Crippen LogP contribution is -2.27. The molecule has 1 aromatic heterocycles. The first kappa shape index (κ1) is 18.8. The number of aryl methyl sites for hydroxylation is 1. The third-order valence-corrected chi connectivity index (χ3v) is 5.84. The Bertz CT molecular complexity index is 1090. The van der Waals surface area contributed by atoms with Crippen molar-refractivity contribution in [2.75, 3.05) is 5.73 Å². The molecule has 30 heavy (non-hydrogen) atoms. The lowest BCUT2D eigenvalue weighted by Gasteiger charge is -2.14. The molecule has 152 valence electrons. The minimum Gasteiger partial charge on any atom is -0.382 e. The lowest BCUT2D eigenvalue weighted by molar-refractivity contribution is 0.0947. The monoisotopic (exact) mass is 399 g/mol. The number of anilines is 1. The maximum absolute atomic E-state index is 12.4. The molecule has 1 saturated carbocycles. The van der Waals surface area contributed by atoms with E-state index in [9.17, 15) is 4.79 Å². The van der Waals surface area contributed by atoms with Gasteiger partial charge < -0.3 is 16.4 Å². The van der Waals surface area contributed by atoms with Crippen LogP contribution in [0.15, 0.2) is 54.7 Å². The van der Waals surface area contributed by atoms with Gasteiger partial charge in [-0.05, 0) is 48.4 Å². The van der Waals surface area contributed by atoms with Crippen LogP contribution in [-0.2, 0) is 13.0 Å². The number of nitrogen functional groups attached to an aromatic ring is 1. The van der Waals surface area contributed by atoms with Gasteiger partial charge in [0, 0.05) is 24.2 Å². The van der Waals surface area contributed by atoms with Crippen LogP contribution in [-0.4, -0.2) is 21.9 Å². The summed E-state index contributed by atoms with van der Waals surface area (Å²) < 4.78 is 0. The molecule has 1 amide bonds. The van der Waals surface area contributed by atoms with Gasteiger partial charge in [-0.25, -0.2) is 9.97 Å². The van der Waals surface area contributed by atoms with Gasteiger partial charge in [0.2, 0.25) is 0 Å². The highest BCUT2D eigenvalue weighted by Crippen LogP contribution is 2.31. The molecule has 1 fully saturated rings. The van der Waals surface area contributed by atoms with Gasteiger partial charge in [-0.3, -0.25) is 4.79 Å². The maximum Gasteiger partial charge on any atom is 0.273 e. The highest BCUT2D eigenvalue weighted by Gasteiger charge is 2.26. The van der Waals surface area contributed by atoms with Gasteiger partial charge >= 0.3 is 0 Å². The molecule has 0 unspecified atom stereocenters. The van der Waals surface area contributed by atoms with E-state index in [2.05, 4.69) is 57.0 Å². The molecule has 4 N–H and O–H groups in total. The Balaban J connectivity index is 1.32. The Morgan fingerprint density at radius 1 is 1.10 bits per heavy atom. The first-order valence-corrected chi connectivity index (χ1v) is 10.5. The van der Waals surface area contributed by atoms with Crippen molar-refractivity contribution in [2.24, 2.45) is 0 Å². The smallest absolute Gasteiger partial charge is 0.273 e. The standard InChI is InChI=1S/C24H25N5O/c25-23-22(24(30)28-18-9-10-18)29-21(14-27-23)17-6-3-4-15(12-17)13-26-20-11-8-16-5-1-2-7-19(16)20/h1-7,12,14,18,20,26H,8-11,13H2,(H2,25,27)(H,28,30)/t20-/m0/s1. The summed E-state index contributed by atoms with van der Waals surface area (Å²) in [6.07, 6.45) is 5.91. The van der Waals surface area contributed by atoms with Crippen molar-refractivity contribution in [3.63, 3.8) is 0 Å². The summed E-state index contributed by atoms with van der Waals surface area (Å²) in [7, 11) is 0. The number of benzene rings is 2. The number of hydrogen-bond donors (Lipinski definition) is 3. The Labute approximate surface area is 175 Å². The second-order valence-electron chi connectivity index (χ2n) is 8.11. The van der Waals surface area contributed by atoms with E-state index in [0.717, 1.165) is 37.8 Å². The van der Waals surface area contributed by atoms with Crippen molar-refractivity contribution >= 4 is 11.7 Å². The quantitative estimate of drug-likeness (QED) is 0.591. The Kier molecular flexibility index (Phi) is 4.93. The van der Waals surface area contributed by atoms with E-state index in [4.69, 9.17) is 5.73 Å². The second kappa shape index (κ2) is 7.88. The normalized spacial score (nSPS) is 17.5. The zero-order valence-corrected chi connectivity index (χ0v) is 16.8. The molecule has 2 aliphatic carbocycles. The predicted octanol–water partition coefficient (Wildman–Crippen LogP) is 3.40. The van der Waals surface area contributed by atoms with Gasteiger partial charge in [0.05, 0.1) is 11.9 Å². The zero-order valence-electron chi connectivity index (χ0n) is 16.8. The molecule has 0 radical (unpaired) electrons. The number of nitrogens with one attached hydrogen (secondary N) is 2. The van der Waals surface area contributed by atoms with Crippen molar-refractivity contribution in [3.05, 3.63) is 77.1 Å². The molecule has 0 spiro atoms. The van der Waals surface area contributed by atoms with E-state index in [1.807, 2.05) is 12.1 Å². The van der Waals surface area contributed by atoms with Gasteiger partial charge in [0.15, 0.2) is 11.5 Å². The van der Waals surface area contributed by atoms with E-state index < -0.39 is 0 Å². The number of nitrogens with zero attached hydrogens (tertiary/aromatic N) is 2. The van der Waals surface area contributed by atoms with E-state index in [-0.39, 0.29) is 23.5 Å². The number of hydrogen-bond acceptors (Lipinski definition) is 5.